The molecule has 3 rings (SSSR count). The van der Waals surface area contributed by atoms with E-state index in [1.165, 1.54) is 24.8 Å². The third-order valence-corrected chi connectivity index (χ3v) is 4.58. The number of anilines is 1. The first kappa shape index (κ1) is 14.0. The Kier molecular flexibility index (Phi) is 3.88. The molecule has 2 aromatic rings. The van der Waals surface area contributed by atoms with Crippen molar-refractivity contribution in [1.29, 1.82) is 0 Å². The van der Waals surface area contributed by atoms with Gasteiger partial charge in [-0.05, 0) is 18.4 Å². The highest BCUT2D eigenvalue weighted by Gasteiger charge is 2.38. The van der Waals surface area contributed by atoms with E-state index in [1.807, 2.05) is 6.07 Å². The summed E-state index contributed by atoms with van der Waals surface area (Å²) >= 11 is 0. The number of benzene rings is 1. The van der Waals surface area contributed by atoms with Crippen LogP contribution in [0.3, 0.4) is 0 Å². The molecule has 0 spiro atoms. The van der Waals surface area contributed by atoms with Gasteiger partial charge in [-0.3, -0.25) is 0 Å². The van der Waals surface area contributed by atoms with Gasteiger partial charge >= 0.3 is 0 Å². The molecule has 0 amide bonds. The molecule has 21 heavy (non-hydrogen) atoms. The molecular weight excluding hydrogens is 260 g/mol. The Balaban J connectivity index is 2.10. The van der Waals surface area contributed by atoms with Gasteiger partial charge in [0.05, 0.1) is 5.41 Å². The number of hydrogen-bond donors (Lipinski definition) is 2. The molecule has 1 heterocycles. The SMILES string of the molecule is NCc1cnc(C2(c3ccccc3)CCCCC2)nc1N. The molecule has 1 aliphatic carbocycles. The van der Waals surface area contributed by atoms with Crippen molar-refractivity contribution >= 4 is 5.82 Å². The van der Waals surface area contributed by atoms with E-state index < -0.39 is 0 Å². The molecule has 1 aromatic carbocycles. The second-order valence-electron chi connectivity index (χ2n) is 5.82. The monoisotopic (exact) mass is 282 g/mol. The van der Waals surface area contributed by atoms with Crippen LogP contribution in [0.1, 0.15) is 49.1 Å². The van der Waals surface area contributed by atoms with E-state index in [9.17, 15) is 0 Å². The maximum atomic E-state index is 6.04. The predicted octanol–water partition coefficient (Wildman–Crippen LogP) is 2.77. The zero-order valence-electron chi connectivity index (χ0n) is 12.3. The Morgan fingerprint density at radius 3 is 2.38 bits per heavy atom. The fourth-order valence-electron chi connectivity index (χ4n) is 3.36. The van der Waals surface area contributed by atoms with E-state index in [2.05, 4.69) is 34.2 Å². The second kappa shape index (κ2) is 5.82. The summed E-state index contributed by atoms with van der Waals surface area (Å²) in [6.07, 6.45) is 7.65. The first-order valence-corrected chi connectivity index (χ1v) is 7.64. The molecule has 4 nitrogen and oxygen atoms in total. The van der Waals surface area contributed by atoms with Crippen molar-refractivity contribution in [3.63, 3.8) is 0 Å². The van der Waals surface area contributed by atoms with Crippen molar-refractivity contribution in [2.75, 3.05) is 5.73 Å². The van der Waals surface area contributed by atoms with Crippen molar-refractivity contribution in [2.24, 2.45) is 5.73 Å². The van der Waals surface area contributed by atoms with Crippen LogP contribution in [-0.2, 0) is 12.0 Å². The maximum Gasteiger partial charge on any atom is 0.141 e. The van der Waals surface area contributed by atoms with Gasteiger partial charge in [-0.15, -0.1) is 0 Å². The third kappa shape index (κ3) is 2.51. The molecule has 0 aliphatic heterocycles. The van der Waals surface area contributed by atoms with Crippen LogP contribution in [0.25, 0.3) is 0 Å². The fourth-order valence-corrected chi connectivity index (χ4v) is 3.36. The minimum absolute atomic E-state index is 0.0965. The van der Waals surface area contributed by atoms with Crippen molar-refractivity contribution in [1.82, 2.24) is 9.97 Å². The number of aromatic nitrogens is 2. The van der Waals surface area contributed by atoms with Crippen molar-refractivity contribution in [3.8, 4) is 0 Å². The summed E-state index contributed by atoms with van der Waals surface area (Å²) in [6.45, 7) is 0.379. The number of nitrogens with two attached hydrogens (primary N) is 2. The van der Waals surface area contributed by atoms with Gasteiger partial charge in [-0.1, -0.05) is 49.6 Å². The number of nitrogen functional groups attached to an aromatic ring is 1. The summed E-state index contributed by atoms with van der Waals surface area (Å²) in [7, 11) is 0. The van der Waals surface area contributed by atoms with Gasteiger partial charge in [0.25, 0.3) is 0 Å². The first-order chi connectivity index (χ1) is 10.3. The topological polar surface area (TPSA) is 77.8 Å². The van der Waals surface area contributed by atoms with Crippen molar-refractivity contribution in [2.45, 2.75) is 44.1 Å². The van der Waals surface area contributed by atoms with Gasteiger partial charge in [-0.25, -0.2) is 9.97 Å². The molecular formula is C17H22N4. The summed E-state index contributed by atoms with van der Waals surface area (Å²) < 4.78 is 0. The molecule has 4 heteroatoms. The van der Waals surface area contributed by atoms with Crippen LogP contribution >= 0.6 is 0 Å². The molecule has 1 aliphatic rings. The predicted molar refractivity (Wildman–Crippen MR) is 84.6 cm³/mol. The lowest BCUT2D eigenvalue weighted by atomic mass is 9.68. The first-order valence-electron chi connectivity index (χ1n) is 7.64. The van der Waals surface area contributed by atoms with E-state index in [-0.39, 0.29) is 5.41 Å². The van der Waals surface area contributed by atoms with E-state index in [1.54, 1.807) is 6.20 Å². The summed E-state index contributed by atoms with van der Waals surface area (Å²) in [5.41, 5.74) is 13.7. The van der Waals surface area contributed by atoms with Crippen LogP contribution in [-0.4, -0.2) is 9.97 Å². The van der Waals surface area contributed by atoms with E-state index >= 15 is 0 Å². The molecule has 0 unspecified atom stereocenters. The van der Waals surface area contributed by atoms with Gasteiger partial charge in [0, 0.05) is 18.3 Å². The van der Waals surface area contributed by atoms with E-state index in [0.29, 0.717) is 12.4 Å². The minimum atomic E-state index is -0.0965. The zero-order chi connectivity index (χ0) is 14.7. The summed E-state index contributed by atoms with van der Waals surface area (Å²) in [4.78, 5) is 9.21. The van der Waals surface area contributed by atoms with Gasteiger partial charge in [0.1, 0.15) is 11.6 Å². The number of rotatable bonds is 3. The number of hydrogen-bond acceptors (Lipinski definition) is 4. The molecule has 1 aromatic heterocycles. The standard InChI is InChI=1S/C17H22N4/c18-11-13-12-20-16(21-15(13)19)17(9-5-2-6-10-17)14-7-3-1-4-8-14/h1,3-4,7-8,12H,2,5-6,9-11,18H2,(H2,19,20,21). The Labute approximate surface area is 125 Å². The molecule has 1 saturated carbocycles. The summed E-state index contributed by atoms with van der Waals surface area (Å²) in [6, 6.07) is 10.6. The average Bonchev–Trinajstić information content (AvgIpc) is 2.56. The molecule has 0 saturated heterocycles. The number of nitrogens with zero attached hydrogens (tertiary/aromatic N) is 2. The Bertz CT molecular complexity index is 603. The minimum Gasteiger partial charge on any atom is -0.383 e. The molecule has 110 valence electrons. The third-order valence-electron chi connectivity index (χ3n) is 4.58. The molecule has 4 N–H and O–H groups in total. The lowest BCUT2D eigenvalue weighted by molar-refractivity contribution is 0.330. The average molecular weight is 282 g/mol. The second-order valence-corrected chi connectivity index (χ2v) is 5.82. The largest absolute Gasteiger partial charge is 0.383 e. The molecule has 0 radical (unpaired) electrons. The van der Waals surface area contributed by atoms with Crippen molar-refractivity contribution in [3.05, 3.63) is 53.5 Å². The highest BCUT2D eigenvalue weighted by molar-refractivity contribution is 5.41. The molecule has 0 atom stereocenters. The summed E-state index contributed by atoms with van der Waals surface area (Å²) in [5.74, 6) is 1.37. The molecule has 1 fully saturated rings. The van der Waals surface area contributed by atoms with Gasteiger partial charge in [0.15, 0.2) is 0 Å². The van der Waals surface area contributed by atoms with Crippen LogP contribution < -0.4 is 11.5 Å². The van der Waals surface area contributed by atoms with Crippen LogP contribution in [0, 0.1) is 0 Å². The van der Waals surface area contributed by atoms with Crippen molar-refractivity contribution < 1.29 is 0 Å². The Hall–Kier alpha value is -1.94. The zero-order valence-corrected chi connectivity index (χ0v) is 12.3. The van der Waals surface area contributed by atoms with Crippen LogP contribution in [0.2, 0.25) is 0 Å². The molecule has 0 bridgehead atoms. The highest BCUT2D eigenvalue weighted by Crippen LogP contribution is 2.43. The maximum absolute atomic E-state index is 6.04. The van der Waals surface area contributed by atoms with Crippen LogP contribution in [0.5, 0.6) is 0 Å². The smallest absolute Gasteiger partial charge is 0.141 e. The van der Waals surface area contributed by atoms with E-state index in [4.69, 9.17) is 11.5 Å². The lowest BCUT2D eigenvalue weighted by Crippen LogP contribution is -2.33. The van der Waals surface area contributed by atoms with Gasteiger partial charge in [-0.2, -0.15) is 0 Å². The van der Waals surface area contributed by atoms with Crippen LogP contribution in [0.15, 0.2) is 36.5 Å². The Morgan fingerprint density at radius 1 is 1.05 bits per heavy atom. The van der Waals surface area contributed by atoms with Gasteiger partial charge < -0.3 is 11.5 Å². The Morgan fingerprint density at radius 2 is 1.76 bits per heavy atom. The van der Waals surface area contributed by atoms with Crippen LogP contribution in [0.4, 0.5) is 5.82 Å². The summed E-state index contributed by atoms with van der Waals surface area (Å²) in [5, 5.41) is 0. The normalized spacial score (nSPS) is 17.6. The van der Waals surface area contributed by atoms with Gasteiger partial charge in [0.2, 0.25) is 0 Å². The highest BCUT2D eigenvalue weighted by atomic mass is 15.0. The van der Waals surface area contributed by atoms with E-state index in [0.717, 1.165) is 24.2 Å². The lowest BCUT2D eigenvalue weighted by Gasteiger charge is -2.36. The quantitative estimate of drug-likeness (QED) is 0.907. The fraction of sp³-hybridized carbons (Fsp3) is 0.412.